The number of carbonyl (C=O) groups is 2. The second kappa shape index (κ2) is 9.84. The van der Waals surface area contributed by atoms with E-state index in [9.17, 15) is 9.59 Å². The molecule has 0 spiro atoms. The summed E-state index contributed by atoms with van der Waals surface area (Å²) in [4.78, 5) is 27.1. The van der Waals surface area contributed by atoms with E-state index in [1.807, 2.05) is 4.90 Å². The molecule has 4 rings (SSSR count). The van der Waals surface area contributed by atoms with Crippen molar-refractivity contribution in [3.63, 3.8) is 0 Å². The van der Waals surface area contributed by atoms with Crippen LogP contribution in [0.25, 0.3) is 0 Å². The lowest BCUT2D eigenvalue weighted by molar-refractivity contribution is 0.0724. The quantitative estimate of drug-likeness (QED) is 0.795. The molecule has 0 saturated carbocycles. The van der Waals surface area contributed by atoms with Crippen LogP contribution >= 0.6 is 12.4 Å². The highest BCUT2D eigenvalue weighted by Gasteiger charge is 2.20. The van der Waals surface area contributed by atoms with Crippen LogP contribution in [0.5, 0.6) is 0 Å². The number of aromatic nitrogens is 3. The number of halogens is 1. The van der Waals surface area contributed by atoms with Gasteiger partial charge in [0, 0.05) is 24.3 Å². The molecule has 0 aliphatic carbocycles. The number of carbonyl (C=O) groups excluding carboxylic acids is 2. The first-order chi connectivity index (χ1) is 13.7. The predicted octanol–water partition coefficient (Wildman–Crippen LogP) is 2.50. The maximum absolute atomic E-state index is 12.7. The molecule has 1 aromatic carbocycles. The van der Waals surface area contributed by atoms with Gasteiger partial charge in [0.05, 0.1) is 12.2 Å². The van der Waals surface area contributed by atoms with Crippen LogP contribution in [0.15, 0.2) is 30.5 Å². The first-order valence-electron chi connectivity index (χ1n) is 10.0. The molecular formula is C20H27ClN6O2. The summed E-state index contributed by atoms with van der Waals surface area (Å²) >= 11 is 0. The summed E-state index contributed by atoms with van der Waals surface area (Å²) in [7, 11) is 0. The molecule has 2 amide bonds. The van der Waals surface area contributed by atoms with Gasteiger partial charge >= 0.3 is 0 Å². The van der Waals surface area contributed by atoms with Crippen LogP contribution in [0.2, 0.25) is 0 Å². The maximum atomic E-state index is 12.7. The van der Waals surface area contributed by atoms with Crippen molar-refractivity contribution in [1.29, 1.82) is 0 Å². The maximum Gasteiger partial charge on any atom is 0.277 e. The smallest absolute Gasteiger partial charge is 0.277 e. The number of nitrogens with zero attached hydrogens (tertiary/aromatic N) is 4. The number of anilines is 1. The van der Waals surface area contributed by atoms with Crippen LogP contribution in [-0.2, 0) is 0 Å². The Morgan fingerprint density at radius 1 is 1.10 bits per heavy atom. The molecule has 2 aliphatic heterocycles. The fraction of sp³-hybridized carbons (Fsp3) is 0.500. The van der Waals surface area contributed by atoms with E-state index in [0.29, 0.717) is 11.3 Å². The Bertz CT molecular complexity index is 843. The highest BCUT2D eigenvalue weighted by Crippen LogP contribution is 2.19. The molecule has 29 heavy (non-hydrogen) atoms. The Morgan fingerprint density at radius 3 is 2.62 bits per heavy atom. The Kier molecular flexibility index (Phi) is 7.22. The molecule has 0 radical (unpaired) electrons. The van der Waals surface area contributed by atoms with Crippen molar-refractivity contribution in [3.05, 3.63) is 41.7 Å². The van der Waals surface area contributed by atoms with Crippen molar-refractivity contribution in [2.75, 3.05) is 31.5 Å². The Labute approximate surface area is 176 Å². The van der Waals surface area contributed by atoms with E-state index in [1.54, 1.807) is 35.1 Å². The second-order valence-electron chi connectivity index (χ2n) is 7.45. The molecule has 0 atom stereocenters. The number of nitrogens with one attached hydrogen (secondary N) is 2. The van der Waals surface area contributed by atoms with Crippen LogP contribution in [0.1, 0.15) is 59.0 Å². The molecule has 0 bridgehead atoms. The predicted molar refractivity (Wildman–Crippen MR) is 113 cm³/mol. The molecule has 2 saturated heterocycles. The minimum absolute atomic E-state index is 0. The lowest BCUT2D eigenvalue weighted by atomic mass is 10.1. The summed E-state index contributed by atoms with van der Waals surface area (Å²) in [6, 6.07) is 7.37. The van der Waals surface area contributed by atoms with Gasteiger partial charge < -0.3 is 15.5 Å². The number of likely N-dealkylation sites (tertiary alicyclic amines) is 1. The van der Waals surface area contributed by atoms with Crippen molar-refractivity contribution < 1.29 is 9.59 Å². The average molecular weight is 419 g/mol. The van der Waals surface area contributed by atoms with E-state index in [-0.39, 0.29) is 36.0 Å². The summed E-state index contributed by atoms with van der Waals surface area (Å²) in [5.41, 5.74) is 1.47. The summed E-state index contributed by atoms with van der Waals surface area (Å²) in [6.07, 6.45) is 6.94. The fourth-order valence-corrected chi connectivity index (χ4v) is 3.84. The number of rotatable bonds is 4. The van der Waals surface area contributed by atoms with Crippen LogP contribution < -0.4 is 10.6 Å². The summed E-state index contributed by atoms with van der Waals surface area (Å²) < 4.78 is 1.78. The van der Waals surface area contributed by atoms with Gasteiger partial charge in [-0.1, -0.05) is 11.3 Å². The monoisotopic (exact) mass is 418 g/mol. The average Bonchev–Trinajstić information content (AvgIpc) is 3.25. The number of benzene rings is 1. The lowest BCUT2D eigenvalue weighted by Gasteiger charge is -2.26. The minimum Gasteiger partial charge on any atom is -0.339 e. The molecule has 0 unspecified atom stereocenters. The summed E-state index contributed by atoms with van der Waals surface area (Å²) in [6.45, 7) is 3.50. The van der Waals surface area contributed by atoms with Gasteiger partial charge in [-0.15, -0.1) is 17.5 Å². The van der Waals surface area contributed by atoms with Crippen molar-refractivity contribution in [2.45, 2.75) is 38.1 Å². The number of hydrogen-bond acceptors (Lipinski definition) is 5. The number of amides is 2. The van der Waals surface area contributed by atoms with Gasteiger partial charge in [0.1, 0.15) is 0 Å². The van der Waals surface area contributed by atoms with Crippen LogP contribution in [0, 0.1) is 0 Å². The van der Waals surface area contributed by atoms with E-state index >= 15 is 0 Å². The van der Waals surface area contributed by atoms with Crippen LogP contribution in [-0.4, -0.2) is 57.9 Å². The van der Waals surface area contributed by atoms with Crippen LogP contribution in [0.3, 0.4) is 0 Å². The van der Waals surface area contributed by atoms with Gasteiger partial charge in [-0.25, -0.2) is 4.68 Å². The molecular weight excluding hydrogens is 392 g/mol. The van der Waals surface area contributed by atoms with E-state index in [0.717, 1.165) is 51.9 Å². The zero-order valence-electron chi connectivity index (χ0n) is 16.3. The Morgan fingerprint density at radius 2 is 1.86 bits per heavy atom. The molecule has 2 aromatic rings. The minimum atomic E-state index is -0.317. The lowest BCUT2D eigenvalue weighted by Crippen LogP contribution is -2.35. The highest BCUT2D eigenvalue weighted by molar-refractivity contribution is 6.03. The molecule has 1 aromatic heterocycles. The normalized spacial score (nSPS) is 17.4. The van der Waals surface area contributed by atoms with E-state index in [1.165, 1.54) is 6.42 Å². The van der Waals surface area contributed by atoms with Gasteiger partial charge in [-0.3, -0.25) is 9.59 Å². The molecule has 9 heteroatoms. The molecule has 8 nitrogen and oxygen atoms in total. The zero-order chi connectivity index (χ0) is 19.3. The Balaban J connectivity index is 0.00000240. The first-order valence-corrected chi connectivity index (χ1v) is 10.0. The molecule has 2 fully saturated rings. The van der Waals surface area contributed by atoms with Crippen molar-refractivity contribution in [2.24, 2.45) is 0 Å². The van der Waals surface area contributed by atoms with Crippen molar-refractivity contribution >= 4 is 29.9 Å². The standard InChI is InChI=1S/C20H26N6O2.ClH/c27-19(18-14-26(24-23-18)17-7-9-21-10-8-17)22-16-6-4-5-15(13-16)20(28)25-11-2-1-3-12-25;/h4-6,13-14,17,21H,1-3,7-12H2,(H,22,27);1H. The number of hydrogen-bond donors (Lipinski definition) is 2. The van der Waals surface area contributed by atoms with Gasteiger partial charge in [-0.2, -0.15) is 0 Å². The topological polar surface area (TPSA) is 92.2 Å². The fourth-order valence-electron chi connectivity index (χ4n) is 3.84. The zero-order valence-corrected chi connectivity index (χ0v) is 17.2. The van der Waals surface area contributed by atoms with Gasteiger partial charge in [0.25, 0.3) is 11.8 Å². The van der Waals surface area contributed by atoms with Crippen LogP contribution in [0.4, 0.5) is 5.69 Å². The largest absolute Gasteiger partial charge is 0.339 e. The van der Waals surface area contributed by atoms with E-state index in [2.05, 4.69) is 20.9 Å². The second-order valence-corrected chi connectivity index (χ2v) is 7.45. The third kappa shape index (κ3) is 5.13. The van der Waals surface area contributed by atoms with Gasteiger partial charge in [0.2, 0.25) is 0 Å². The summed E-state index contributed by atoms with van der Waals surface area (Å²) in [5, 5.41) is 14.3. The van der Waals surface area contributed by atoms with Gasteiger partial charge in [0.15, 0.2) is 5.69 Å². The molecule has 2 aliphatic rings. The third-order valence-electron chi connectivity index (χ3n) is 5.44. The summed E-state index contributed by atoms with van der Waals surface area (Å²) in [5.74, 6) is -0.296. The van der Waals surface area contributed by atoms with Crippen molar-refractivity contribution in [3.8, 4) is 0 Å². The molecule has 156 valence electrons. The third-order valence-corrected chi connectivity index (χ3v) is 5.44. The number of piperidine rings is 2. The Hall–Kier alpha value is -2.45. The van der Waals surface area contributed by atoms with Gasteiger partial charge in [-0.05, 0) is 63.4 Å². The van der Waals surface area contributed by atoms with E-state index < -0.39 is 0 Å². The SMILES string of the molecule is Cl.O=C(Nc1cccc(C(=O)N2CCCCC2)c1)c1cn(C2CCNCC2)nn1. The highest BCUT2D eigenvalue weighted by atomic mass is 35.5. The molecule has 3 heterocycles. The van der Waals surface area contributed by atoms with Crippen molar-refractivity contribution in [1.82, 2.24) is 25.2 Å². The first kappa shape index (κ1) is 21.3. The van der Waals surface area contributed by atoms with E-state index in [4.69, 9.17) is 0 Å². The molecule has 2 N–H and O–H groups in total.